The molecule has 0 fully saturated rings. The molecule has 0 saturated heterocycles. The van der Waals surface area contributed by atoms with E-state index in [0.717, 1.165) is 22.3 Å². The Balaban J connectivity index is 2.06. The molecule has 0 unspecified atom stereocenters. The van der Waals surface area contributed by atoms with Gasteiger partial charge in [0, 0.05) is 12.0 Å². The molecular formula is C14H14F3N6O2S+. The van der Waals surface area contributed by atoms with Crippen LogP contribution in [-0.4, -0.2) is 32.1 Å². The summed E-state index contributed by atoms with van der Waals surface area (Å²) in [6.07, 6.45) is -4.60. The van der Waals surface area contributed by atoms with E-state index in [0.29, 0.717) is 0 Å². The highest BCUT2D eigenvalue weighted by atomic mass is 32.2. The smallest absolute Gasteiger partial charge is 0.408 e. The Morgan fingerprint density at radius 2 is 2.15 bits per heavy atom. The van der Waals surface area contributed by atoms with Crippen molar-refractivity contribution in [2.45, 2.75) is 25.8 Å². The largest absolute Gasteiger partial charge is 0.446 e. The number of aryl methyl sites for hydroxylation is 1. The number of hydrogen-bond acceptors (Lipinski definition) is 6. The molecule has 1 amide bonds. The normalized spacial score (nSPS) is 11.9. The lowest BCUT2D eigenvalue weighted by molar-refractivity contribution is -0.550. The molecule has 8 nitrogen and oxygen atoms in total. The Morgan fingerprint density at radius 1 is 1.38 bits per heavy atom. The van der Waals surface area contributed by atoms with Crippen molar-refractivity contribution >= 4 is 29.3 Å². The molecule has 138 valence electrons. The molecule has 26 heavy (non-hydrogen) atoms. The number of carbonyl (C=O) groups excluding carboxylic acids is 1. The van der Waals surface area contributed by atoms with Crippen molar-refractivity contribution < 1.29 is 26.8 Å². The van der Waals surface area contributed by atoms with Crippen LogP contribution in [0.25, 0.3) is 5.65 Å². The first kappa shape index (κ1) is 18.2. The van der Waals surface area contributed by atoms with Crippen LogP contribution in [-0.2, 0) is 11.9 Å². The van der Waals surface area contributed by atoms with Gasteiger partial charge in [-0.15, -0.1) is 10.2 Å². The minimum absolute atomic E-state index is 0.0575. The second kappa shape index (κ2) is 6.94. The maximum Gasteiger partial charge on any atom is 0.446 e. The Kier molecular flexibility index (Phi) is 4.85. The van der Waals surface area contributed by atoms with Crippen molar-refractivity contribution in [2.24, 2.45) is 0 Å². The van der Waals surface area contributed by atoms with Crippen molar-refractivity contribution in [3.05, 3.63) is 35.1 Å². The lowest BCUT2D eigenvalue weighted by Gasteiger charge is -2.08. The predicted molar refractivity (Wildman–Crippen MR) is 85.6 cm³/mol. The van der Waals surface area contributed by atoms with Gasteiger partial charge in [0.1, 0.15) is 5.56 Å². The van der Waals surface area contributed by atoms with Crippen LogP contribution in [0.3, 0.4) is 0 Å². The summed E-state index contributed by atoms with van der Waals surface area (Å²) in [7, 11) is 0. The summed E-state index contributed by atoms with van der Waals surface area (Å²) < 4.78 is 46.1. The highest BCUT2D eigenvalue weighted by Crippen LogP contribution is 2.28. The van der Waals surface area contributed by atoms with Crippen molar-refractivity contribution in [3.8, 4) is 0 Å². The Bertz CT molecular complexity index is 952. The number of alkyl halides is 3. The number of carbonyl (C=O) groups is 1. The van der Waals surface area contributed by atoms with Gasteiger partial charge in [0.15, 0.2) is 5.69 Å². The number of H-pyrrole nitrogens is 1. The Morgan fingerprint density at radius 3 is 2.77 bits per heavy atom. The fraction of sp³-hybridized carbons (Fsp3) is 0.357. The number of amides is 1. The van der Waals surface area contributed by atoms with E-state index in [1.807, 2.05) is 6.92 Å². The van der Waals surface area contributed by atoms with Crippen molar-refractivity contribution in [1.29, 1.82) is 0 Å². The second-order valence-corrected chi connectivity index (χ2v) is 6.45. The molecular weight excluding hydrogens is 373 g/mol. The van der Waals surface area contributed by atoms with Crippen molar-refractivity contribution in [2.75, 3.05) is 11.1 Å². The molecule has 3 heterocycles. The van der Waals surface area contributed by atoms with Gasteiger partial charge in [-0.2, -0.15) is 29.3 Å². The number of anilines is 1. The molecule has 3 aromatic rings. The first-order chi connectivity index (χ1) is 12.3. The number of halogens is 3. The molecule has 3 aromatic heterocycles. The number of fused-ring (bicyclic) bond motifs is 1. The minimum atomic E-state index is -4.60. The standard InChI is InChI=1S/C14H13F3N6O2S/c1-3-26-6-10-20-21-11-8(4-5-9(23(10)11)14(15,16)17)12(24)18-13-22-19-7(2)25-13/h4-5H,3,6H2,1-2H3,(H,18,22,24)/p+1. The second-order valence-electron chi connectivity index (χ2n) is 5.18. The van der Waals surface area contributed by atoms with Gasteiger partial charge >= 0.3 is 17.8 Å². The number of aromatic nitrogens is 5. The van der Waals surface area contributed by atoms with E-state index >= 15 is 0 Å². The van der Waals surface area contributed by atoms with Crippen LogP contribution in [0, 0.1) is 6.92 Å². The first-order valence-electron chi connectivity index (χ1n) is 7.49. The van der Waals surface area contributed by atoms with Gasteiger partial charge in [-0.25, -0.2) is 0 Å². The fourth-order valence-electron chi connectivity index (χ4n) is 2.30. The summed E-state index contributed by atoms with van der Waals surface area (Å²) in [6.45, 7) is 3.43. The zero-order valence-corrected chi connectivity index (χ0v) is 14.5. The summed E-state index contributed by atoms with van der Waals surface area (Å²) in [6, 6.07) is 1.76. The van der Waals surface area contributed by atoms with Crippen LogP contribution in [0.15, 0.2) is 16.5 Å². The number of hydrogen-bond donors (Lipinski definition) is 2. The van der Waals surface area contributed by atoms with E-state index in [1.165, 1.54) is 11.8 Å². The summed E-state index contributed by atoms with van der Waals surface area (Å²) in [5.74, 6) is 0.780. The molecule has 3 rings (SSSR count). The molecule has 0 atom stereocenters. The Labute approximate surface area is 149 Å². The third kappa shape index (κ3) is 3.49. The third-order valence-corrected chi connectivity index (χ3v) is 4.27. The van der Waals surface area contributed by atoms with E-state index in [1.54, 1.807) is 6.92 Å². The monoisotopic (exact) mass is 387 g/mol. The zero-order valence-electron chi connectivity index (χ0n) is 13.7. The molecule has 0 spiro atoms. The number of nitrogens with one attached hydrogen (secondary N) is 2. The van der Waals surface area contributed by atoms with Gasteiger partial charge in [0.05, 0.1) is 5.75 Å². The number of aromatic amines is 1. The summed E-state index contributed by atoms with van der Waals surface area (Å²) in [5, 5.41) is 16.0. The van der Waals surface area contributed by atoms with Gasteiger partial charge in [-0.05, 0) is 17.9 Å². The average molecular weight is 387 g/mol. The first-order valence-corrected chi connectivity index (χ1v) is 8.65. The highest BCUT2D eigenvalue weighted by molar-refractivity contribution is 7.98. The van der Waals surface area contributed by atoms with Crippen LogP contribution >= 0.6 is 11.8 Å². The van der Waals surface area contributed by atoms with Crippen molar-refractivity contribution in [3.63, 3.8) is 0 Å². The average Bonchev–Trinajstić information content (AvgIpc) is 3.17. The molecule has 0 saturated carbocycles. The van der Waals surface area contributed by atoms with Crippen LogP contribution in [0.5, 0.6) is 0 Å². The number of rotatable bonds is 5. The molecule has 0 aliphatic rings. The minimum Gasteiger partial charge on any atom is -0.408 e. The Hall–Kier alpha value is -2.63. The van der Waals surface area contributed by atoms with Gasteiger partial charge < -0.3 is 4.42 Å². The number of nitrogens with zero attached hydrogens (tertiary/aromatic N) is 4. The van der Waals surface area contributed by atoms with Crippen LogP contribution in [0.4, 0.5) is 19.2 Å². The number of thioether (sulfide) groups is 1. The van der Waals surface area contributed by atoms with Gasteiger partial charge in [-0.1, -0.05) is 12.0 Å². The molecule has 0 bridgehead atoms. The summed E-state index contributed by atoms with van der Waals surface area (Å²) in [5.41, 5.74) is -1.11. The van der Waals surface area contributed by atoms with Crippen molar-refractivity contribution in [1.82, 2.24) is 20.4 Å². The van der Waals surface area contributed by atoms with Gasteiger partial charge in [-0.3, -0.25) is 10.1 Å². The topological polar surface area (TPSA) is 101 Å². The quantitative estimate of drug-likeness (QED) is 0.652. The molecule has 12 heteroatoms. The molecule has 0 radical (unpaired) electrons. The highest BCUT2D eigenvalue weighted by Gasteiger charge is 2.39. The summed E-state index contributed by atoms with van der Waals surface area (Å²) >= 11 is 1.43. The number of pyridine rings is 1. The molecule has 0 aliphatic heterocycles. The third-order valence-electron chi connectivity index (χ3n) is 3.39. The van der Waals surface area contributed by atoms with E-state index in [2.05, 4.69) is 25.7 Å². The van der Waals surface area contributed by atoms with Crippen LogP contribution in [0.1, 0.15) is 34.7 Å². The zero-order chi connectivity index (χ0) is 18.9. The van der Waals surface area contributed by atoms with Crippen LogP contribution in [0.2, 0.25) is 0 Å². The summed E-state index contributed by atoms with van der Waals surface area (Å²) in [4.78, 5) is 12.4. The van der Waals surface area contributed by atoms with Gasteiger partial charge in [0.25, 0.3) is 5.91 Å². The predicted octanol–water partition coefficient (Wildman–Crippen LogP) is 2.36. The molecule has 2 N–H and O–H groups in total. The van der Waals surface area contributed by atoms with E-state index in [4.69, 9.17) is 4.42 Å². The maximum atomic E-state index is 13.4. The van der Waals surface area contributed by atoms with E-state index in [-0.39, 0.29) is 34.7 Å². The van der Waals surface area contributed by atoms with E-state index in [9.17, 15) is 18.0 Å². The fourth-order valence-corrected chi connectivity index (χ4v) is 2.89. The molecule has 0 aromatic carbocycles. The van der Waals surface area contributed by atoms with Gasteiger partial charge in [0.2, 0.25) is 11.7 Å². The lowest BCUT2D eigenvalue weighted by Crippen LogP contribution is -2.36. The van der Waals surface area contributed by atoms with E-state index < -0.39 is 17.8 Å². The maximum absolute atomic E-state index is 13.4. The lowest BCUT2D eigenvalue weighted by atomic mass is 10.2. The van der Waals surface area contributed by atoms with Crippen LogP contribution < -0.4 is 9.72 Å². The molecule has 0 aliphatic carbocycles. The SMILES string of the molecule is CCSCc1[nH]nc2c(C(=O)Nc3nnc(C)o3)ccc(C(F)(F)F)[n+]12.